The Bertz CT molecular complexity index is 537. The van der Waals surface area contributed by atoms with Crippen LogP contribution in [0.3, 0.4) is 0 Å². The highest BCUT2D eigenvalue weighted by Gasteiger charge is 2.08. The van der Waals surface area contributed by atoms with Crippen LogP contribution in [0.2, 0.25) is 0 Å². The van der Waals surface area contributed by atoms with E-state index in [4.69, 9.17) is 10.5 Å². The smallest absolute Gasteiger partial charge is 0.124 e. The molecule has 0 unspecified atom stereocenters. The standard InChI is InChI=1S/C12H14BrN3O/c1-8-6-15-16(12(8)14)7-9-5-10(13)3-4-11(9)17-2/h3-6H,7,14H2,1-2H3. The largest absolute Gasteiger partial charge is 0.496 e. The Hall–Kier alpha value is -1.49. The van der Waals surface area contributed by atoms with Crippen LogP contribution in [0.4, 0.5) is 5.82 Å². The van der Waals surface area contributed by atoms with Crippen molar-refractivity contribution in [2.45, 2.75) is 13.5 Å². The Morgan fingerprint density at radius 1 is 1.47 bits per heavy atom. The Kier molecular flexibility index (Phi) is 3.38. The molecule has 0 saturated heterocycles. The number of aryl methyl sites for hydroxylation is 1. The highest BCUT2D eigenvalue weighted by atomic mass is 79.9. The van der Waals surface area contributed by atoms with Crippen LogP contribution in [0.5, 0.6) is 5.75 Å². The minimum atomic E-state index is 0.599. The van der Waals surface area contributed by atoms with Crippen molar-refractivity contribution in [2.75, 3.05) is 12.8 Å². The van der Waals surface area contributed by atoms with Crippen molar-refractivity contribution >= 4 is 21.7 Å². The third-order valence-corrected chi connectivity index (χ3v) is 3.13. The monoisotopic (exact) mass is 295 g/mol. The van der Waals surface area contributed by atoms with Gasteiger partial charge in [0.05, 0.1) is 19.9 Å². The lowest BCUT2D eigenvalue weighted by Crippen LogP contribution is -2.07. The molecule has 90 valence electrons. The van der Waals surface area contributed by atoms with Gasteiger partial charge in [-0.1, -0.05) is 15.9 Å². The summed E-state index contributed by atoms with van der Waals surface area (Å²) in [5.74, 6) is 1.52. The number of nitrogen functional groups attached to an aromatic ring is 1. The number of ether oxygens (including phenoxy) is 1. The van der Waals surface area contributed by atoms with Crippen molar-refractivity contribution in [3.63, 3.8) is 0 Å². The van der Waals surface area contributed by atoms with Gasteiger partial charge in [-0.15, -0.1) is 0 Å². The molecule has 1 aromatic heterocycles. The molecule has 0 radical (unpaired) electrons. The second-order valence-corrected chi connectivity index (χ2v) is 4.74. The molecule has 2 aromatic rings. The minimum absolute atomic E-state index is 0.599. The maximum Gasteiger partial charge on any atom is 0.124 e. The van der Waals surface area contributed by atoms with E-state index >= 15 is 0 Å². The molecule has 0 fully saturated rings. The molecule has 0 spiro atoms. The van der Waals surface area contributed by atoms with E-state index in [9.17, 15) is 0 Å². The number of methoxy groups -OCH3 is 1. The summed E-state index contributed by atoms with van der Waals surface area (Å²) in [4.78, 5) is 0. The number of aromatic nitrogens is 2. The van der Waals surface area contributed by atoms with Gasteiger partial charge in [-0.2, -0.15) is 5.10 Å². The summed E-state index contributed by atoms with van der Waals surface area (Å²) < 4.78 is 8.09. The fourth-order valence-corrected chi connectivity index (χ4v) is 2.05. The van der Waals surface area contributed by atoms with Crippen LogP contribution in [-0.2, 0) is 6.54 Å². The number of hydrogen-bond donors (Lipinski definition) is 1. The Morgan fingerprint density at radius 3 is 2.82 bits per heavy atom. The zero-order valence-corrected chi connectivity index (χ0v) is 11.4. The van der Waals surface area contributed by atoms with Crippen molar-refractivity contribution in [1.29, 1.82) is 0 Å². The number of nitrogens with two attached hydrogens (primary N) is 1. The van der Waals surface area contributed by atoms with E-state index in [-0.39, 0.29) is 0 Å². The Morgan fingerprint density at radius 2 is 2.24 bits per heavy atom. The fraction of sp³-hybridized carbons (Fsp3) is 0.250. The molecular weight excluding hydrogens is 282 g/mol. The van der Waals surface area contributed by atoms with Crippen LogP contribution in [0.1, 0.15) is 11.1 Å². The van der Waals surface area contributed by atoms with Gasteiger partial charge in [-0.05, 0) is 25.1 Å². The highest BCUT2D eigenvalue weighted by Crippen LogP contribution is 2.24. The zero-order valence-electron chi connectivity index (χ0n) is 9.77. The summed E-state index contributed by atoms with van der Waals surface area (Å²) in [6.07, 6.45) is 1.76. The number of rotatable bonds is 3. The molecule has 4 nitrogen and oxygen atoms in total. The van der Waals surface area contributed by atoms with Crippen LogP contribution in [0.25, 0.3) is 0 Å². The molecule has 0 atom stereocenters. The van der Waals surface area contributed by atoms with Crippen molar-refractivity contribution < 1.29 is 4.74 Å². The zero-order chi connectivity index (χ0) is 12.4. The van der Waals surface area contributed by atoms with E-state index in [1.165, 1.54) is 0 Å². The first-order valence-electron chi connectivity index (χ1n) is 5.22. The van der Waals surface area contributed by atoms with Gasteiger partial charge >= 0.3 is 0 Å². The number of hydrogen-bond acceptors (Lipinski definition) is 3. The first kappa shape index (κ1) is 12.0. The summed E-state index contributed by atoms with van der Waals surface area (Å²) >= 11 is 3.45. The van der Waals surface area contributed by atoms with Gasteiger partial charge in [0.25, 0.3) is 0 Å². The van der Waals surface area contributed by atoms with Gasteiger partial charge in [-0.3, -0.25) is 0 Å². The molecular formula is C12H14BrN3O. The van der Waals surface area contributed by atoms with Gasteiger partial charge in [0.15, 0.2) is 0 Å². The first-order valence-corrected chi connectivity index (χ1v) is 6.01. The average Bonchev–Trinajstić information content (AvgIpc) is 2.61. The molecule has 0 saturated carbocycles. The molecule has 0 bridgehead atoms. The molecule has 1 aromatic carbocycles. The summed E-state index contributed by atoms with van der Waals surface area (Å²) in [6.45, 7) is 2.54. The van der Waals surface area contributed by atoms with Crippen molar-refractivity contribution in [3.8, 4) is 5.75 Å². The van der Waals surface area contributed by atoms with Crippen molar-refractivity contribution in [1.82, 2.24) is 9.78 Å². The van der Waals surface area contributed by atoms with Crippen LogP contribution in [0.15, 0.2) is 28.9 Å². The summed E-state index contributed by atoms with van der Waals surface area (Å²) in [7, 11) is 1.66. The van der Waals surface area contributed by atoms with E-state index in [1.54, 1.807) is 18.0 Å². The minimum Gasteiger partial charge on any atom is -0.496 e. The molecule has 0 amide bonds. The highest BCUT2D eigenvalue weighted by molar-refractivity contribution is 9.10. The third-order valence-electron chi connectivity index (χ3n) is 2.64. The van der Waals surface area contributed by atoms with Crippen LogP contribution in [0, 0.1) is 6.92 Å². The van der Waals surface area contributed by atoms with E-state index < -0.39 is 0 Å². The maximum atomic E-state index is 5.93. The fourth-order valence-electron chi connectivity index (χ4n) is 1.65. The van der Waals surface area contributed by atoms with Gasteiger partial charge in [0.2, 0.25) is 0 Å². The molecule has 0 aliphatic heterocycles. The summed E-state index contributed by atoms with van der Waals surface area (Å²) in [5.41, 5.74) is 7.95. The lowest BCUT2D eigenvalue weighted by molar-refractivity contribution is 0.407. The molecule has 0 aliphatic carbocycles. The van der Waals surface area contributed by atoms with Crippen molar-refractivity contribution in [3.05, 3.63) is 40.0 Å². The quantitative estimate of drug-likeness (QED) is 0.947. The lowest BCUT2D eigenvalue weighted by Gasteiger charge is -2.10. The number of benzene rings is 1. The van der Waals surface area contributed by atoms with E-state index in [1.807, 2.05) is 25.1 Å². The summed E-state index contributed by atoms with van der Waals surface area (Å²) in [5, 5.41) is 4.24. The van der Waals surface area contributed by atoms with E-state index in [0.717, 1.165) is 21.3 Å². The predicted octanol–water partition coefficient (Wildman–Crippen LogP) is 2.59. The third kappa shape index (κ3) is 2.44. The second-order valence-electron chi connectivity index (χ2n) is 3.83. The van der Waals surface area contributed by atoms with E-state index in [2.05, 4.69) is 21.0 Å². The van der Waals surface area contributed by atoms with Gasteiger partial charge in [-0.25, -0.2) is 4.68 Å². The Balaban J connectivity index is 2.35. The lowest BCUT2D eigenvalue weighted by atomic mass is 10.2. The first-order chi connectivity index (χ1) is 8.11. The SMILES string of the molecule is COc1ccc(Br)cc1Cn1ncc(C)c1N. The second kappa shape index (κ2) is 4.79. The Labute approximate surface area is 109 Å². The maximum absolute atomic E-state index is 5.93. The number of halogens is 1. The molecule has 2 rings (SSSR count). The van der Waals surface area contributed by atoms with Gasteiger partial charge in [0.1, 0.15) is 11.6 Å². The predicted molar refractivity (Wildman–Crippen MR) is 71.2 cm³/mol. The molecule has 2 N–H and O–H groups in total. The molecule has 0 aliphatic rings. The normalized spacial score (nSPS) is 10.5. The van der Waals surface area contributed by atoms with Crippen LogP contribution >= 0.6 is 15.9 Å². The van der Waals surface area contributed by atoms with Gasteiger partial charge in [0, 0.05) is 15.6 Å². The molecule has 5 heteroatoms. The number of nitrogens with zero attached hydrogens (tertiary/aromatic N) is 2. The summed E-state index contributed by atoms with van der Waals surface area (Å²) in [6, 6.07) is 5.88. The average molecular weight is 296 g/mol. The molecule has 17 heavy (non-hydrogen) atoms. The van der Waals surface area contributed by atoms with E-state index in [0.29, 0.717) is 12.4 Å². The number of anilines is 1. The topological polar surface area (TPSA) is 53.1 Å². The van der Waals surface area contributed by atoms with Crippen molar-refractivity contribution in [2.24, 2.45) is 0 Å². The molecule has 1 heterocycles. The van der Waals surface area contributed by atoms with Gasteiger partial charge < -0.3 is 10.5 Å². The van der Waals surface area contributed by atoms with Crippen LogP contribution < -0.4 is 10.5 Å². The van der Waals surface area contributed by atoms with Crippen LogP contribution in [-0.4, -0.2) is 16.9 Å².